The van der Waals surface area contributed by atoms with Crippen molar-refractivity contribution >= 4 is 49.1 Å². The number of nitrogens with zero attached hydrogens (tertiary/aromatic N) is 3. The fraction of sp³-hybridized carbons (Fsp3) is 0.643. The van der Waals surface area contributed by atoms with Gasteiger partial charge in [0.05, 0.1) is 30.1 Å². The Morgan fingerprint density at radius 2 is 2.17 bits per heavy atom. The SMILES string of the molecule is CCOC(=O)c1c2c(nn1CCNC(S)S)C[C@@H](C)N(C(=O)S)C2. The fourth-order valence-electron chi connectivity index (χ4n) is 2.74. The normalized spacial score (nSPS) is 17.1. The summed E-state index contributed by atoms with van der Waals surface area (Å²) in [7, 11) is 0. The molecular formula is C14H22N4O3S3. The molecule has 0 saturated carbocycles. The number of fused-ring (bicyclic) bond motifs is 1. The molecule has 24 heavy (non-hydrogen) atoms. The number of nitrogens with one attached hydrogen (secondary N) is 1. The Kier molecular flexibility index (Phi) is 6.90. The average Bonchev–Trinajstić information content (AvgIpc) is 2.83. The van der Waals surface area contributed by atoms with E-state index in [4.69, 9.17) is 4.74 Å². The van der Waals surface area contributed by atoms with Gasteiger partial charge in [-0.1, -0.05) is 12.6 Å². The minimum absolute atomic E-state index is 0.0155. The van der Waals surface area contributed by atoms with E-state index < -0.39 is 5.97 Å². The van der Waals surface area contributed by atoms with Gasteiger partial charge in [-0.15, -0.1) is 25.3 Å². The maximum Gasteiger partial charge on any atom is 0.356 e. The first kappa shape index (κ1) is 19.5. The van der Waals surface area contributed by atoms with Crippen molar-refractivity contribution in [3.63, 3.8) is 0 Å². The molecule has 2 heterocycles. The van der Waals surface area contributed by atoms with E-state index in [0.717, 1.165) is 11.3 Å². The molecule has 0 fully saturated rings. The highest BCUT2D eigenvalue weighted by molar-refractivity contribution is 7.99. The topological polar surface area (TPSA) is 76.5 Å². The standard InChI is InChI=1S/C14H22N4O3S3/c1-3-21-12(19)11-9-7-17(14(20)24)8(2)6-10(9)16-18(11)5-4-15-13(22)23/h8,13,15,22-23H,3-7H2,1-2H3,(H,20,24)/t8-/m1/s1. The van der Waals surface area contributed by atoms with Crippen molar-refractivity contribution in [2.75, 3.05) is 13.2 Å². The van der Waals surface area contributed by atoms with E-state index in [1.54, 1.807) is 16.5 Å². The van der Waals surface area contributed by atoms with Crippen LogP contribution in [0.25, 0.3) is 0 Å². The van der Waals surface area contributed by atoms with Crippen LogP contribution in [0.1, 0.15) is 35.6 Å². The lowest BCUT2D eigenvalue weighted by molar-refractivity contribution is 0.0508. The summed E-state index contributed by atoms with van der Waals surface area (Å²) < 4.78 is 6.56. The zero-order valence-corrected chi connectivity index (χ0v) is 16.3. The molecule has 0 spiro atoms. The van der Waals surface area contributed by atoms with Gasteiger partial charge in [0.1, 0.15) is 0 Å². The molecule has 0 aliphatic carbocycles. The van der Waals surface area contributed by atoms with Crippen LogP contribution < -0.4 is 5.32 Å². The van der Waals surface area contributed by atoms with E-state index in [2.05, 4.69) is 48.3 Å². The first-order valence-corrected chi connectivity index (χ1v) is 9.17. The molecule has 0 saturated heterocycles. The molecule has 1 N–H and O–H groups in total. The molecule has 10 heteroatoms. The van der Waals surface area contributed by atoms with Crippen LogP contribution in [0, 0.1) is 0 Å². The Morgan fingerprint density at radius 1 is 1.46 bits per heavy atom. The van der Waals surface area contributed by atoms with Crippen LogP contribution in [0.2, 0.25) is 0 Å². The number of carbonyl (C=O) groups is 2. The van der Waals surface area contributed by atoms with Gasteiger partial charge in [-0.2, -0.15) is 5.10 Å². The summed E-state index contributed by atoms with van der Waals surface area (Å²) in [4.78, 5) is 25.7. The third-order valence-electron chi connectivity index (χ3n) is 3.85. The number of rotatable bonds is 6. The number of esters is 1. The van der Waals surface area contributed by atoms with Crippen LogP contribution in [0.3, 0.4) is 0 Å². The van der Waals surface area contributed by atoms with Gasteiger partial charge in [0.2, 0.25) is 0 Å². The molecule has 0 radical (unpaired) electrons. The number of hydrogen-bond donors (Lipinski definition) is 4. The van der Waals surface area contributed by atoms with E-state index in [9.17, 15) is 9.59 Å². The van der Waals surface area contributed by atoms with Crippen molar-refractivity contribution in [2.24, 2.45) is 0 Å². The van der Waals surface area contributed by atoms with Crippen LogP contribution in [-0.2, 0) is 24.2 Å². The van der Waals surface area contributed by atoms with E-state index in [-0.39, 0.29) is 22.6 Å². The molecule has 1 aliphatic heterocycles. The Labute approximate surface area is 157 Å². The maximum absolute atomic E-state index is 12.4. The van der Waals surface area contributed by atoms with Crippen LogP contribution in [0.4, 0.5) is 4.79 Å². The van der Waals surface area contributed by atoms with E-state index in [1.165, 1.54) is 0 Å². The molecule has 0 aromatic carbocycles. The molecule has 0 unspecified atom stereocenters. The largest absolute Gasteiger partial charge is 0.461 e. The zero-order valence-electron chi connectivity index (χ0n) is 13.6. The van der Waals surface area contributed by atoms with E-state index >= 15 is 0 Å². The summed E-state index contributed by atoms with van der Waals surface area (Å²) in [5.74, 6) is -0.430. The number of ether oxygens (including phenoxy) is 1. The number of carbonyl (C=O) groups excluding carboxylic acids is 2. The molecule has 2 rings (SSSR count). The van der Waals surface area contributed by atoms with Gasteiger partial charge in [-0.25, -0.2) is 4.79 Å². The highest BCUT2D eigenvalue weighted by Crippen LogP contribution is 2.27. The lowest BCUT2D eigenvalue weighted by atomic mass is 10.0. The lowest BCUT2D eigenvalue weighted by Crippen LogP contribution is -2.40. The number of amides is 1. The Morgan fingerprint density at radius 3 is 2.75 bits per heavy atom. The van der Waals surface area contributed by atoms with Gasteiger partial charge in [-0.05, 0) is 13.8 Å². The van der Waals surface area contributed by atoms with E-state index in [0.29, 0.717) is 31.7 Å². The van der Waals surface area contributed by atoms with Crippen molar-refractivity contribution < 1.29 is 14.3 Å². The monoisotopic (exact) mass is 390 g/mol. The third-order valence-corrected chi connectivity index (χ3v) is 4.47. The van der Waals surface area contributed by atoms with Gasteiger partial charge < -0.3 is 9.64 Å². The maximum atomic E-state index is 12.4. The van der Waals surface area contributed by atoms with Crippen LogP contribution >= 0.6 is 37.9 Å². The molecule has 0 bridgehead atoms. The van der Waals surface area contributed by atoms with Crippen molar-refractivity contribution in [1.29, 1.82) is 0 Å². The van der Waals surface area contributed by atoms with E-state index in [1.807, 2.05) is 6.92 Å². The second-order valence-corrected chi connectivity index (χ2v) is 7.33. The van der Waals surface area contributed by atoms with Crippen molar-refractivity contribution in [3.05, 3.63) is 17.0 Å². The van der Waals surface area contributed by atoms with Crippen LogP contribution in [0.15, 0.2) is 0 Å². The molecule has 1 aromatic heterocycles. The van der Waals surface area contributed by atoms with Crippen molar-refractivity contribution in [1.82, 2.24) is 20.0 Å². The zero-order chi connectivity index (χ0) is 17.9. The predicted octanol–water partition coefficient (Wildman–Crippen LogP) is 1.59. The second-order valence-electron chi connectivity index (χ2n) is 5.51. The van der Waals surface area contributed by atoms with Gasteiger partial charge in [-0.3, -0.25) is 14.8 Å². The number of thiol groups is 3. The first-order chi connectivity index (χ1) is 11.3. The number of aromatic nitrogens is 2. The molecular weight excluding hydrogens is 368 g/mol. The Balaban J connectivity index is 2.33. The minimum atomic E-state index is -0.430. The number of hydrogen-bond acceptors (Lipinski definition) is 7. The molecule has 1 atom stereocenters. The van der Waals surface area contributed by atoms with Gasteiger partial charge in [0.15, 0.2) is 5.69 Å². The summed E-state index contributed by atoms with van der Waals surface area (Å²) in [6.45, 7) is 5.30. The molecule has 1 aliphatic rings. The quantitative estimate of drug-likeness (QED) is 0.337. The van der Waals surface area contributed by atoms with Gasteiger partial charge in [0, 0.05) is 24.6 Å². The second kappa shape index (κ2) is 8.50. The summed E-state index contributed by atoms with van der Waals surface area (Å²) >= 11 is 12.2. The predicted molar refractivity (Wildman–Crippen MR) is 101 cm³/mol. The Bertz CT molecular complexity index is 621. The van der Waals surface area contributed by atoms with Crippen molar-refractivity contribution in [3.8, 4) is 0 Å². The minimum Gasteiger partial charge on any atom is -0.461 e. The summed E-state index contributed by atoms with van der Waals surface area (Å²) in [5, 5.41) is 7.29. The molecule has 134 valence electrons. The van der Waals surface area contributed by atoms with Crippen LogP contribution in [0.5, 0.6) is 0 Å². The highest BCUT2D eigenvalue weighted by atomic mass is 32.2. The van der Waals surface area contributed by atoms with Gasteiger partial charge in [0.25, 0.3) is 5.24 Å². The van der Waals surface area contributed by atoms with Gasteiger partial charge >= 0.3 is 5.97 Å². The third kappa shape index (κ3) is 4.41. The highest BCUT2D eigenvalue weighted by Gasteiger charge is 2.33. The van der Waals surface area contributed by atoms with Crippen LogP contribution in [-0.4, -0.2) is 49.8 Å². The summed E-state index contributed by atoms with van der Waals surface area (Å²) in [6.07, 6.45) is 0.580. The first-order valence-electron chi connectivity index (χ1n) is 7.69. The fourth-order valence-corrected chi connectivity index (χ4v) is 3.27. The lowest BCUT2D eigenvalue weighted by Gasteiger charge is -2.31. The molecule has 1 aromatic rings. The molecule has 1 amide bonds. The summed E-state index contributed by atoms with van der Waals surface area (Å²) in [6, 6.07) is -0.0155. The average molecular weight is 391 g/mol. The Hall–Kier alpha value is -0.840. The smallest absolute Gasteiger partial charge is 0.356 e. The van der Waals surface area contributed by atoms with Crippen molar-refractivity contribution in [2.45, 2.75) is 44.1 Å². The molecule has 7 nitrogen and oxygen atoms in total. The summed E-state index contributed by atoms with van der Waals surface area (Å²) in [5.41, 5.74) is 1.96.